The van der Waals surface area contributed by atoms with Gasteiger partial charge in [0.25, 0.3) is 0 Å². The minimum Gasteiger partial charge on any atom is -0.508 e. The first-order valence-corrected chi connectivity index (χ1v) is 13.5. The maximum absolute atomic E-state index is 13.5. The van der Waals surface area contributed by atoms with Crippen LogP contribution >= 0.6 is 0 Å². The van der Waals surface area contributed by atoms with E-state index in [-0.39, 0.29) is 42.6 Å². The number of aromatic hydroxyl groups is 1. The minimum atomic E-state index is -0.697. The average Bonchev–Trinajstić information content (AvgIpc) is 2.90. The van der Waals surface area contributed by atoms with Gasteiger partial charge >= 0.3 is 0 Å². The van der Waals surface area contributed by atoms with Gasteiger partial charge in [-0.3, -0.25) is 14.4 Å². The molecule has 2 aromatic rings. The van der Waals surface area contributed by atoms with Crippen molar-refractivity contribution >= 4 is 17.7 Å². The molecule has 2 aromatic carbocycles. The Hall–Kier alpha value is -3.39. The second-order valence-corrected chi connectivity index (χ2v) is 10.8. The van der Waals surface area contributed by atoms with Gasteiger partial charge in [-0.15, -0.1) is 0 Å². The number of carbonyl (C=O) groups excluding carboxylic acids is 3. The first kappa shape index (κ1) is 29.2. The number of phenolic OH excluding ortho intramolecular Hbond substituents is 1. The van der Waals surface area contributed by atoms with Crippen LogP contribution < -0.4 is 16.0 Å². The standard InChI is InChI=1S/C26H32N4O4.C4H10/c1-16(27-2)25(33)28-14-24(32)30-15-19-12-20(31)11-10-18(19)13-23(30)26(34)29-22-9-5-7-17-6-3-4-8-21(17)22;1-4(2)3/h3-4,6,8,10-12,16,22-23,27,31H,5,7,9,13-15H2,1-2H3,(H,28,33)(H,29,34);4H,1-3H3. The third kappa shape index (κ3) is 7.57. The van der Waals surface area contributed by atoms with Gasteiger partial charge in [-0.2, -0.15) is 0 Å². The molecular formula is C30H42N4O4. The highest BCUT2D eigenvalue weighted by Crippen LogP contribution is 2.31. The van der Waals surface area contributed by atoms with E-state index in [1.807, 2.05) is 12.1 Å². The first-order valence-electron chi connectivity index (χ1n) is 13.5. The number of amides is 3. The van der Waals surface area contributed by atoms with Gasteiger partial charge in [0.2, 0.25) is 17.7 Å². The lowest BCUT2D eigenvalue weighted by Gasteiger charge is -2.37. The molecule has 1 aliphatic carbocycles. The number of benzene rings is 2. The van der Waals surface area contributed by atoms with E-state index < -0.39 is 12.1 Å². The molecular weight excluding hydrogens is 480 g/mol. The molecule has 0 aromatic heterocycles. The van der Waals surface area contributed by atoms with E-state index in [9.17, 15) is 19.5 Å². The molecule has 2 aliphatic rings. The molecule has 4 N–H and O–H groups in total. The number of nitrogens with zero attached hydrogens (tertiary/aromatic N) is 1. The maximum Gasteiger partial charge on any atom is 0.243 e. The Morgan fingerprint density at radius 1 is 1.03 bits per heavy atom. The second-order valence-electron chi connectivity index (χ2n) is 10.8. The van der Waals surface area contributed by atoms with Crippen LogP contribution in [-0.4, -0.2) is 53.4 Å². The molecule has 4 rings (SSSR count). The zero-order chi connectivity index (χ0) is 27.8. The van der Waals surface area contributed by atoms with E-state index in [2.05, 4.69) is 48.9 Å². The molecule has 0 radical (unpaired) electrons. The number of hydrogen-bond acceptors (Lipinski definition) is 5. The lowest BCUT2D eigenvalue weighted by molar-refractivity contribution is -0.142. The fraction of sp³-hybridized carbons (Fsp3) is 0.500. The van der Waals surface area contributed by atoms with Crippen molar-refractivity contribution in [3.05, 3.63) is 64.7 Å². The van der Waals surface area contributed by atoms with E-state index in [0.717, 1.165) is 41.9 Å². The number of rotatable bonds is 6. The number of aryl methyl sites for hydroxylation is 1. The van der Waals surface area contributed by atoms with Crippen molar-refractivity contribution in [3.63, 3.8) is 0 Å². The second kappa shape index (κ2) is 13.4. The summed E-state index contributed by atoms with van der Waals surface area (Å²) in [7, 11) is 1.67. The Bertz CT molecular complexity index is 1130. The Kier molecular flexibility index (Phi) is 10.3. The summed E-state index contributed by atoms with van der Waals surface area (Å²) in [5.41, 5.74) is 4.11. The van der Waals surface area contributed by atoms with E-state index in [4.69, 9.17) is 0 Å². The smallest absolute Gasteiger partial charge is 0.243 e. The van der Waals surface area contributed by atoms with Gasteiger partial charge in [-0.25, -0.2) is 0 Å². The fourth-order valence-electron chi connectivity index (χ4n) is 4.79. The largest absolute Gasteiger partial charge is 0.508 e. The lowest BCUT2D eigenvalue weighted by Crippen LogP contribution is -2.55. The zero-order valence-electron chi connectivity index (χ0n) is 23.2. The first-order chi connectivity index (χ1) is 18.1. The van der Waals surface area contributed by atoms with E-state index in [1.54, 1.807) is 32.2 Å². The van der Waals surface area contributed by atoms with Crippen molar-refractivity contribution in [1.29, 1.82) is 0 Å². The molecule has 0 spiro atoms. The predicted molar refractivity (Wildman–Crippen MR) is 148 cm³/mol. The molecule has 8 heteroatoms. The van der Waals surface area contributed by atoms with Crippen LogP contribution in [0.2, 0.25) is 0 Å². The highest BCUT2D eigenvalue weighted by molar-refractivity contribution is 5.91. The number of nitrogens with one attached hydrogen (secondary N) is 3. The van der Waals surface area contributed by atoms with Crippen molar-refractivity contribution < 1.29 is 19.5 Å². The SMILES string of the molecule is CC(C)C.CNC(C)C(=O)NCC(=O)N1Cc2cc(O)ccc2CC1C(=O)NC1CCCc2ccccc21. The molecule has 1 aliphatic heterocycles. The fourth-order valence-corrected chi connectivity index (χ4v) is 4.79. The van der Waals surface area contributed by atoms with E-state index in [0.29, 0.717) is 6.42 Å². The molecule has 38 heavy (non-hydrogen) atoms. The highest BCUT2D eigenvalue weighted by atomic mass is 16.3. The maximum atomic E-state index is 13.5. The van der Waals surface area contributed by atoms with Crippen LogP contribution in [0.1, 0.15) is 68.8 Å². The van der Waals surface area contributed by atoms with Crippen LogP contribution in [0, 0.1) is 5.92 Å². The normalized spacial score (nSPS) is 18.8. The van der Waals surface area contributed by atoms with Gasteiger partial charge in [-0.1, -0.05) is 51.1 Å². The number of hydrogen-bond donors (Lipinski definition) is 4. The molecule has 206 valence electrons. The van der Waals surface area contributed by atoms with E-state index >= 15 is 0 Å². The summed E-state index contributed by atoms with van der Waals surface area (Å²) in [6.07, 6.45) is 3.19. The van der Waals surface area contributed by atoms with Crippen molar-refractivity contribution in [2.45, 2.75) is 78.0 Å². The summed E-state index contributed by atoms with van der Waals surface area (Å²) >= 11 is 0. The number of carbonyl (C=O) groups is 3. The van der Waals surface area contributed by atoms with Gasteiger partial charge in [0.1, 0.15) is 11.8 Å². The third-order valence-electron chi connectivity index (χ3n) is 6.87. The summed E-state index contributed by atoms with van der Waals surface area (Å²) in [6.45, 7) is 8.20. The van der Waals surface area contributed by atoms with Crippen molar-refractivity contribution in [3.8, 4) is 5.75 Å². The molecule has 3 atom stereocenters. The molecule has 0 fully saturated rings. The topological polar surface area (TPSA) is 111 Å². The quantitative estimate of drug-likeness (QED) is 0.466. The van der Waals surface area contributed by atoms with Gasteiger partial charge < -0.3 is 26.0 Å². The van der Waals surface area contributed by atoms with Crippen LogP contribution in [0.5, 0.6) is 5.75 Å². The van der Waals surface area contributed by atoms with Gasteiger partial charge in [0.05, 0.1) is 18.6 Å². The Morgan fingerprint density at radius 2 is 1.74 bits per heavy atom. The Labute approximate surface area is 226 Å². The molecule has 0 bridgehead atoms. The molecule has 1 heterocycles. The van der Waals surface area contributed by atoms with Crippen LogP contribution in [0.4, 0.5) is 0 Å². The third-order valence-corrected chi connectivity index (χ3v) is 6.87. The molecule has 3 amide bonds. The number of likely N-dealkylation sites (N-methyl/N-ethyl adjacent to an activating group) is 1. The lowest BCUT2D eigenvalue weighted by atomic mass is 9.87. The van der Waals surface area contributed by atoms with Gasteiger partial charge in [0, 0.05) is 13.0 Å². The molecule has 0 saturated carbocycles. The van der Waals surface area contributed by atoms with Crippen molar-refractivity contribution in [1.82, 2.24) is 20.9 Å². The minimum absolute atomic E-state index is 0.0909. The average molecular weight is 523 g/mol. The monoisotopic (exact) mass is 522 g/mol. The molecule has 8 nitrogen and oxygen atoms in total. The van der Waals surface area contributed by atoms with Gasteiger partial charge in [-0.05, 0) is 73.5 Å². The summed E-state index contributed by atoms with van der Waals surface area (Å²) in [5, 5.41) is 18.6. The van der Waals surface area contributed by atoms with Crippen LogP contribution in [0.15, 0.2) is 42.5 Å². The zero-order valence-corrected chi connectivity index (χ0v) is 23.2. The summed E-state index contributed by atoms with van der Waals surface area (Å²) in [6, 6.07) is 12.0. The number of phenols is 1. The Morgan fingerprint density at radius 3 is 2.45 bits per heavy atom. The highest BCUT2D eigenvalue weighted by Gasteiger charge is 2.36. The Balaban J connectivity index is 0.000000934. The molecule has 3 unspecified atom stereocenters. The van der Waals surface area contributed by atoms with Crippen molar-refractivity contribution in [2.75, 3.05) is 13.6 Å². The van der Waals surface area contributed by atoms with E-state index in [1.165, 1.54) is 10.5 Å². The van der Waals surface area contributed by atoms with Gasteiger partial charge in [0.15, 0.2) is 0 Å². The summed E-state index contributed by atoms with van der Waals surface area (Å²) in [4.78, 5) is 40.3. The predicted octanol–water partition coefficient (Wildman–Crippen LogP) is 3.23. The van der Waals surface area contributed by atoms with Crippen LogP contribution in [0.25, 0.3) is 0 Å². The van der Waals surface area contributed by atoms with Crippen LogP contribution in [0.3, 0.4) is 0 Å². The van der Waals surface area contributed by atoms with Crippen LogP contribution in [-0.2, 0) is 33.8 Å². The number of fused-ring (bicyclic) bond motifs is 2. The van der Waals surface area contributed by atoms with Crippen molar-refractivity contribution in [2.24, 2.45) is 5.92 Å². The summed E-state index contributed by atoms with van der Waals surface area (Å²) in [5.74, 6) is 0.119. The molecule has 0 saturated heterocycles. The summed E-state index contributed by atoms with van der Waals surface area (Å²) < 4.78 is 0.